The molecular formula is C23H19NO. The van der Waals surface area contributed by atoms with Crippen molar-refractivity contribution in [2.45, 2.75) is 13.3 Å². The highest BCUT2D eigenvalue weighted by molar-refractivity contribution is 5.86. The molecule has 2 nitrogen and oxygen atoms in total. The minimum atomic E-state index is 0.823. The molecule has 122 valence electrons. The van der Waals surface area contributed by atoms with Gasteiger partial charge in [-0.3, -0.25) is 4.99 Å². The van der Waals surface area contributed by atoms with Crippen LogP contribution in [0.4, 0.5) is 0 Å². The van der Waals surface area contributed by atoms with Crippen LogP contribution in [0.5, 0.6) is 0 Å². The zero-order valence-corrected chi connectivity index (χ0v) is 14.1. The molecular weight excluding hydrogens is 306 g/mol. The number of nitrogens with zero attached hydrogens (tertiary/aromatic N) is 1. The molecule has 2 heteroatoms. The molecule has 25 heavy (non-hydrogen) atoms. The molecule has 0 saturated heterocycles. The van der Waals surface area contributed by atoms with Crippen LogP contribution in [0.25, 0.3) is 35.1 Å². The second kappa shape index (κ2) is 6.78. The van der Waals surface area contributed by atoms with E-state index in [4.69, 9.17) is 4.42 Å². The Hall–Kier alpha value is -3.13. The smallest absolute Gasteiger partial charge is 0.152 e. The van der Waals surface area contributed by atoms with Crippen LogP contribution in [0.15, 0.2) is 70.3 Å². The third-order valence-corrected chi connectivity index (χ3v) is 4.43. The molecule has 4 rings (SSSR count). The molecule has 2 aromatic carbocycles. The summed E-state index contributed by atoms with van der Waals surface area (Å²) in [5.41, 5.74) is 6.79. The fourth-order valence-electron chi connectivity index (χ4n) is 3.16. The first-order valence-corrected chi connectivity index (χ1v) is 8.45. The minimum absolute atomic E-state index is 0.823. The molecule has 1 aliphatic rings. The van der Waals surface area contributed by atoms with E-state index in [2.05, 4.69) is 72.6 Å². The number of benzene rings is 2. The number of fused-ring (bicyclic) bond motifs is 1. The molecule has 0 bridgehead atoms. The first-order valence-electron chi connectivity index (χ1n) is 8.45. The van der Waals surface area contributed by atoms with Crippen molar-refractivity contribution in [1.29, 1.82) is 0 Å². The van der Waals surface area contributed by atoms with Crippen molar-refractivity contribution in [3.63, 3.8) is 0 Å². The zero-order valence-electron chi connectivity index (χ0n) is 14.1. The van der Waals surface area contributed by atoms with Gasteiger partial charge in [-0.2, -0.15) is 0 Å². The first kappa shape index (κ1) is 15.4. The highest BCUT2D eigenvalue weighted by atomic mass is 16.3. The van der Waals surface area contributed by atoms with Crippen LogP contribution in [-0.2, 0) is 0 Å². The number of allylic oxidation sites excluding steroid dienone is 1. The van der Waals surface area contributed by atoms with Gasteiger partial charge in [0.1, 0.15) is 0 Å². The third kappa shape index (κ3) is 3.11. The van der Waals surface area contributed by atoms with E-state index in [1.165, 1.54) is 22.3 Å². The Morgan fingerprint density at radius 1 is 1.04 bits per heavy atom. The van der Waals surface area contributed by atoms with Crippen LogP contribution in [0.1, 0.15) is 24.5 Å². The van der Waals surface area contributed by atoms with Crippen LogP contribution in [0.2, 0.25) is 0 Å². The maximum atomic E-state index is 5.70. The average molecular weight is 325 g/mol. The van der Waals surface area contributed by atoms with E-state index in [0.29, 0.717) is 0 Å². The topological polar surface area (TPSA) is 25.5 Å². The Kier molecular flexibility index (Phi) is 4.17. The molecule has 0 fully saturated rings. The molecule has 0 amide bonds. The van der Waals surface area contributed by atoms with Crippen LogP contribution in [0.3, 0.4) is 0 Å². The second-order valence-electron chi connectivity index (χ2n) is 6.11. The van der Waals surface area contributed by atoms with Gasteiger partial charge in [-0.1, -0.05) is 66.7 Å². The Balaban J connectivity index is 1.81. The lowest BCUT2D eigenvalue weighted by molar-refractivity contribution is 0.530. The zero-order chi connectivity index (χ0) is 17.1. The largest absolute Gasteiger partial charge is 0.462 e. The van der Waals surface area contributed by atoms with Crippen molar-refractivity contribution >= 4 is 30.1 Å². The number of hydrogen-bond donors (Lipinski definition) is 0. The van der Waals surface area contributed by atoms with Crippen LogP contribution >= 0.6 is 0 Å². The highest BCUT2D eigenvalue weighted by Crippen LogP contribution is 2.26. The van der Waals surface area contributed by atoms with Gasteiger partial charge >= 0.3 is 0 Å². The highest BCUT2D eigenvalue weighted by Gasteiger charge is 2.07. The summed E-state index contributed by atoms with van der Waals surface area (Å²) in [7, 11) is 0. The lowest BCUT2D eigenvalue weighted by Gasteiger charge is -2.07. The Bertz CT molecular complexity index is 1070. The maximum absolute atomic E-state index is 5.70. The van der Waals surface area contributed by atoms with E-state index in [1.807, 2.05) is 18.5 Å². The number of rotatable bonds is 3. The van der Waals surface area contributed by atoms with E-state index in [0.717, 1.165) is 22.6 Å². The molecule has 0 unspecified atom stereocenters. The number of furan rings is 1. The summed E-state index contributed by atoms with van der Waals surface area (Å²) >= 11 is 0. The monoisotopic (exact) mass is 325 g/mol. The molecule has 1 aliphatic heterocycles. The standard InChI is InChI=1S/C23H19NO/c1-17(22-16-25-23-15-24-13-7-12-21(22)23)14-19-10-5-6-11-20(19)18-8-3-2-4-9-18/h2-6,8-16H,7H2,1H3/b17-14-. The van der Waals surface area contributed by atoms with E-state index < -0.39 is 0 Å². The van der Waals surface area contributed by atoms with E-state index in [1.54, 1.807) is 6.20 Å². The molecule has 1 aromatic heterocycles. The van der Waals surface area contributed by atoms with E-state index in [9.17, 15) is 0 Å². The molecule has 2 heterocycles. The van der Waals surface area contributed by atoms with Crippen molar-refractivity contribution in [1.82, 2.24) is 0 Å². The van der Waals surface area contributed by atoms with E-state index in [-0.39, 0.29) is 0 Å². The normalized spacial score (nSPS) is 13.6. The summed E-state index contributed by atoms with van der Waals surface area (Å²) in [6, 6.07) is 19.0. The van der Waals surface area contributed by atoms with Crippen molar-refractivity contribution in [3.8, 4) is 11.1 Å². The second-order valence-corrected chi connectivity index (χ2v) is 6.11. The van der Waals surface area contributed by atoms with Gasteiger partial charge in [-0.25, -0.2) is 0 Å². The quantitative estimate of drug-likeness (QED) is 0.696. The molecule has 0 radical (unpaired) electrons. The van der Waals surface area contributed by atoms with Crippen molar-refractivity contribution in [3.05, 3.63) is 82.6 Å². The molecule has 0 N–H and O–H groups in total. The molecule has 0 spiro atoms. The third-order valence-electron chi connectivity index (χ3n) is 4.43. The first-order chi connectivity index (χ1) is 12.3. The predicted octanol–water partition coefficient (Wildman–Crippen LogP) is 4.50. The fourth-order valence-corrected chi connectivity index (χ4v) is 3.16. The Morgan fingerprint density at radius 2 is 1.84 bits per heavy atom. The van der Waals surface area contributed by atoms with Gasteiger partial charge in [-0.15, -0.1) is 0 Å². The van der Waals surface area contributed by atoms with Gasteiger partial charge in [-0.05, 0) is 29.2 Å². The van der Waals surface area contributed by atoms with Gasteiger partial charge in [0.2, 0.25) is 0 Å². The summed E-state index contributed by atoms with van der Waals surface area (Å²) in [4.78, 5) is 4.23. The van der Waals surface area contributed by atoms with Gasteiger partial charge in [0, 0.05) is 23.4 Å². The van der Waals surface area contributed by atoms with Crippen molar-refractivity contribution in [2.75, 3.05) is 0 Å². The molecule has 0 atom stereocenters. The summed E-state index contributed by atoms with van der Waals surface area (Å²) in [6.07, 6.45) is 10.7. The number of hydrogen-bond acceptors (Lipinski definition) is 2. The molecule has 0 saturated carbocycles. The summed E-state index contributed by atoms with van der Waals surface area (Å²) in [5, 5.41) is 1.13. The number of aliphatic imine (C=N–C) groups is 1. The lowest BCUT2D eigenvalue weighted by atomic mass is 9.97. The Labute approximate surface area is 147 Å². The fraction of sp³-hybridized carbons (Fsp3) is 0.0870. The summed E-state index contributed by atoms with van der Waals surface area (Å²) in [5.74, 6) is 0. The van der Waals surface area contributed by atoms with Crippen LogP contribution in [0, 0.1) is 0 Å². The van der Waals surface area contributed by atoms with Gasteiger partial charge in [0.25, 0.3) is 0 Å². The summed E-state index contributed by atoms with van der Waals surface area (Å²) in [6.45, 7) is 2.13. The molecule has 3 aromatic rings. The Morgan fingerprint density at radius 3 is 2.72 bits per heavy atom. The SMILES string of the molecule is C/C(=C/c1ccccc1-c1ccccc1)c1coc2c1=CCC=NC=2. The van der Waals surface area contributed by atoms with Crippen LogP contribution < -0.4 is 10.6 Å². The lowest BCUT2D eigenvalue weighted by Crippen LogP contribution is -2.21. The van der Waals surface area contributed by atoms with E-state index >= 15 is 0 Å². The molecule has 0 aliphatic carbocycles. The van der Waals surface area contributed by atoms with Gasteiger partial charge in [0.15, 0.2) is 5.42 Å². The van der Waals surface area contributed by atoms with Crippen LogP contribution in [-0.4, -0.2) is 6.21 Å². The summed E-state index contributed by atoms with van der Waals surface area (Å²) < 4.78 is 5.70. The predicted molar refractivity (Wildman–Crippen MR) is 105 cm³/mol. The maximum Gasteiger partial charge on any atom is 0.152 e. The van der Waals surface area contributed by atoms with Crippen molar-refractivity contribution < 1.29 is 4.42 Å². The average Bonchev–Trinajstić information content (AvgIpc) is 2.92. The minimum Gasteiger partial charge on any atom is -0.462 e. The van der Waals surface area contributed by atoms with Gasteiger partial charge in [0.05, 0.1) is 12.5 Å². The van der Waals surface area contributed by atoms with Crippen molar-refractivity contribution in [2.24, 2.45) is 4.99 Å². The van der Waals surface area contributed by atoms with Gasteiger partial charge < -0.3 is 4.42 Å².